The molecule has 5 N–H and O–H groups in total. The minimum absolute atomic E-state index is 0. The van der Waals surface area contributed by atoms with Crippen LogP contribution >= 0.6 is 0 Å². The minimum Gasteiger partial charge on any atom is -0.481 e. The molecule has 0 aliphatic rings. The van der Waals surface area contributed by atoms with Gasteiger partial charge in [0.1, 0.15) is 5.69 Å². The van der Waals surface area contributed by atoms with Crippen LogP contribution in [0, 0.1) is 6.42 Å². The van der Waals surface area contributed by atoms with Crippen molar-refractivity contribution in [2.45, 2.75) is 58.8 Å². The average Bonchev–Trinajstić information content (AvgIpc) is 3.17. The van der Waals surface area contributed by atoms with Gasteiger partial charge in [0.25, 0.3) is 0 Å². The van der Waals surface area contributed by atoms with Crippen molar-refractivity contribution in [1.82, 2.24) is 10.7 Å². The number of nitrogens with zero attached hydrogens (tertiary/aromatic N) is 1. The monoisotopic (exact) mass is 513 g/mol. The van der Waals surface area contributed by atoms with Gasteiger partial charge in [0.05, 0.1) is 5.52 Å². The zero-order valence-corrected chi connectivity index (χ0v) is 22.8. The van der Waals surface area contributed by atoms with E-state index in [9.17, 15) is 14.7 Å². The van der Waals surface area contributed by atoms with Crippen molar-refractivity contribution in [1.29, 1.82) is 0 Å². The van der Waals surface area contributed by atoms with Crippen molar-refractivity contribution in [3.63, 3.8) is 0 Å². The SMILES string of the molecule is CC(C)c1ccc(-n2c(C(=O)O)c(C[CH]CC(=O)O)c3cc(-c4ccc(C(C)(C)C)cc4)ccc32)cc1.N. The average molecular weight is 514 g/mol. The highest BCUT2D eigenvalue weighted by Crippen LogP contribution is 2.35. The van der Waals surface area contributed by atoms with Crippen LogP contribution in [0.5, 0.6) is 0 Å². The van der Waals surface area contributed by atoms with Gasteiger partial charge in [0.15, 0.2) is 0 Å². The number of carbonyl (C=O) groups is 2. The molecule has 0 atom stereocenters. The van der Waals surface area contributed by atoms with E-state index in [2.05, 4.69) is 58.9 Å². The van der Waals surface area contributed by atoms with Crippen LogP contribution in [0.2, 0.25) is 0 Å². The standard InChI is InChI=1S/C32H34NO4.H3N/c1-20(2)21-11-16-25(17-12-21)33-28-18-13-23(22-9-14-24(15-10-22)32(3,4)5)19-27(28)26(30(33)31(36)37)7-6-8-29(34)35;/h6,9-20H,7-8H2,1-5H3,(H,34,35)(H,36,37);1H3. The van der Waals surface area contributed by atoms with Gasteiger partial charge in [-0.15, -0.1) is 0 Å². The van der Waals surface area contributed by atoms with Crippen LogP contribution in [0.25, 0.3) is 27.7 Å². The number of hydrogen-bond acceptors (Lipinski definition) is 3. The van der Waals surface area contributed by atoms with E-state index in [0.29, 0.717) is 11.5 Å². The number of hydrogen-bond donors (Lipinski definition) is 3. The number of rotatable bonds is 8. The molecule has 1 aromatic heterocycles. The molecular formula is C32H37N2O4. The van der Waals surface area contributed by atoms with E-state index in [1.54, 1.807) is 11.0 Å². The smallest absolute Gasteiger partial charge is 0.353 e. The number of aliphatic carboxylic acids is 1. The summed E-state index contributed by atoms with van der Waals surface area (Å²) in [6, 6.07) is 22.4. The van der Waals surface area contributed by atoms with E-state index >= 15 is 0 Å². The summed E-state index contributed by atoms with van der Waals surface area (Å²) < 4.78 is 1.78. The van der Waals surface area contributed by atoms with Gasteiger partial charge in [-0.05, 0) is 76.3 Å². The molecule has 199 valence electrons. The summed E-state index contributed by atoms with van der Waals surface area (Å²) in [4.78, 5) is 23.8. The molecule has 3 aromatic carbocycles. The Hall–Kier alpha value is -3.90. The summed E-state index contributed by atoms with van der Waals surface area (Å²) in [7, 11) is 0. The second-order valence-electron chi connectivity index (χ2n) is 10.9. The second kappa shape index (κ2) is 11.2. The normalized spacial score (nSPS) is 11.5. The Labute approximate surface area is 224 Å². The summed E-state index contributed by atoms with van der Waals surface area (Å²) in [6.45, 7) is 10.8. The lowest BCUT2D eigenvalue weighted by atomic mass is 9.86. The number of carboxylic acid groups (broad SMARTS) is 2. The lowest BCUT2D eigenvalue weighted by molar-refractivity contribution is -0.136. The largest absolute Gasteiger partial charge is 0.481 e. The van der Waals surface area contributed by atoms with Crippen LogP contribution < -0.4 is 6.15 Å². The maximum absolute atomic E-state index is 12.6. The summed E-state index contributed by atoms with van der Waals surface area (Å²) in [5.41, 5.74) is 6.81. The minimum atomic E-state index is -1.04. The zero-order chi connectivity index (χ0) is 26.9. The first-order valence-corrected chi connectivity index (χ1v) is 12.6. The maximum Gasteiger partial charge on any atom is 0.353 e. The molecule has 6 nitrogen and oxygen atoms in total. The van der Waals surface area contributed by atoms with E-state index in [1.165, 1.54) is 11.1 Å². The van der Waals surface area contributed by atoms with E-state index in [-0.39, 0.29) is 30.1 Å². The molecule has 4 rings (SSSR count). The summed E-state index contributed by atoms with van der Waals surface area (Å²) in [5, 5.41) is 20.3. The van der Waals surface area contributed by atoms with Crippen molar-refractivity contribution >= 4 is 22.8 Å². The van der Waals surface area contributed by atoms with E-state index < -0.39 is 11.9 Å². The van der Waals surface area contributed by atoms with Gasteiger partial charge in [-0.25, -0.2) is 4.79 Å². The summed E-state index contributed by atoms with van der Waals surface area (Å²) in [5.74, 6) is -1.62. The first-order valence-electron chi connectivity index (χ1n) is 12.6. The fourth-order valence-corrected chi connectivity index (χ4v) is 4.75. The van der Waals surface area contributed by atoms with Crippen LogP contribution in [0.3, 0.4) is 0 Å². The highest BCUT2D eigenvalue weighted by molar-refractivity contribution is 6.01. The fourth-order valence-electron chi connectivity index (χ4n) is 4.75. The van der Waals surface area contributed by atoms with E-state index in [1.807, 2.05) is 42.5 Å². The Morgan fingerprint density at radius 3 is 2.03 bits per heavy atom. The van der Waals surface area contributed by atoms with Gasteiger partial charge in [0, 0.05) is 17.5 Å². The third-order valence-corrected chi connectivity index (χ3v) is 6.84. The maximum atomic E-state index is 12.6. The highest BCUT2D eigenvalue weighted by atomic mass is 16.4. The Morgan fingerprint density at radius 2 is 1.50 bits per heavy atom. The van der Waals surface area contributed by atoms with Crippen molar-refractivity contribution in [2.75, 3.05) is 0 Å². The Bertz CT molecular complexity index is 1440. The molecule has 1 radical (unpaired) electrons. The third-order valence-electron chi connectivity index (χ3n) is 6.84. The number of benzene rings is 3. The predicted octanol–water partition coefficient (Wildman–Crippen LogP) is 7.80. The van der Waals surface area contributed by atoms with Gasteiger partial charge in [-0.2, -0.15) is 0 Å². The number of aromatic carboxylic acids is 1. The molecular weight excluding hydrogens is 476 g/mol. The fraction of sp³-hybridized carbons (Fsp3) is 0.281. The summed E-state index contributed by atoms with van der Waals surface area (Å²) in [6.07, 6.45) is 1.73. The molecule has 0 aliphatic heterocycles. The molecule has 0 fully saturated rings. The third kappa shape index (κ3) is 5.81. The quantitative estimate of drug-likeness (QED) is 0.222. The molecule has 0 saturated heterocycles. The van der Waals surface area contributed by atoms with Gasteiger partial charge < -0.3 is 20.9 Å². The van der Waals surface area contributed by atoms with Crippen LogP contribution in [-0.2, 0) is 16.6 Å². The molecule has 0 aliphatic carbocycles. The van der Waals surface area contributed by atoms with Gasteiger partial charge in [-0.1, -0.05) is 77.1 Å². The van der Waals surface area contributed by atoms with Crippen molar-refractivity contribution in [2.24, 2.45) is 0 Å². The van der Waals surface area contributed by atoms with Crippen LogP contribution in [0.15, 0.2) is 66.7 Å². The molecule has 0 spiro atoms. The Morgan fingerprint density at radius 1 is 0.895 bits per heavy atom. The molecule has 38 heavy (non-hydrogen) atoms. The Kier molecular flexibility index (Phi) is 8.48. The van der Waals surface area contributed by atoms with Crippen molar-refractivity contribution in [3.05, 3.63) is 95.5 Å². The molecule has 0 bridgehead atoms. The summed E-state index contributed by atoms with van der Waals surface area (Å²) >= 11 is 0. The first-order chi connectivity index (χ1) is 17.5. The highest BCUT2D eigenvalue weighted by Gasteiger charge is 2.24. The van der Waals surface area contributed by atoms with Crippen LogP contribution in [0.1, 0.15) is 74.1 Å². The van der Waals surface area contributed by atoms with Gasteiger partial charge in [-0.3, -0.25) is 4.79 Å². The second-order valence-corrected chi connectivity index (χ2v) is 10.9. The van der Waals surface area contributed by atoms with E-state index in [4.69, 9.17) is 5.11 Å². The van der Waals surface area contributed by atoms with Gasteiger partial charge >= 0.3 is 11.9 Å². The first kappa shape index (κ1) is 28.7. The molecule has 0 unspecified atom stereocenters. The van der Waals surface area contributed by atoms with Crippen LogP contribution in [-0.4, -0.2) is 26.7 Å². The predicted molar refractivity (Wildman–Crippen MR) is 154 cm³/mol. The van der Waals surface area contributed by atoms with Gasteiger partial charge in [0.2, 0.25) is 0 Å². The Balaban J connectivity index is 0.00000400. The number of aromatic nitrogens is 1. The van der Waals surface area contributed by atoms with Crippen LogP contribution in [0.4, 0.5) is 0 Å². The molecule has 6 heteroatoms. The van der Waals surface area contributed by atoms with Crippen molar-refractivity contribution < 1.29 is 19.8 Å². The lowest BCUT2D eigenvalue weighted by Gasteiger charge is -2.19. The molecule has 0 amide bonds. The van der Waals surface area contributed by atoms with Crippen molar-refractivity contribution in [3.8, 4) is 16.8 Å². The molecule has 4 aromatic rings. The molecule has 0 saturated carbocycles. The lowest BCUT2D eigenvalue weighted by Crippen LogP contribution is -2.10. The topological polar surface area (TPSA) is 115 Å². The number of fused-ring (bicyclic) bond motifs is 1. The molecule has 1 heterocycles. The zero-order valence-electron chi connectivity index (χ0n) is 22.8. The van der Waals surface area contributed by atoms with E-state index in [0.717, 1.165) is 27.7 Å². The number of carboxylic acids is 2.